The molecule has 0 N–H and O–H groups in total. The summed E-state index contributed by atoms with van der Waals surface area (Å²) in [7, 11) is 0. The molecule has 1 saturated heterocycles. The quantitative estimate of drug-likeness (QED) is 0.308. The fraction of sp³-hybridized carbons (Fsp3) is 0.360. The Morgan fingerprint density at radius 3 is 2.31 bits per heavy atom. The van der Waals surface area contributed by atoms with Crippen molar-refractivity contribution in [3.05, 3.63) is 66.2 Å². The number of cyclic esters (lactones) is 1. The molecule has 0 spiro atoms. The molecule has 1 aliphatic heterocycles. The van der Waals surface area contributed by atoms with Crippen LogP contribution in [-0.2, 0) is 9.53 Å². The molecule has 0 bridgehead atoms. The average molecular weight is 389 g/mol. The summed E-state index contributed by atoms with van der Waals surface area (Å²) in [5.41, 5.74) is 3.27. The van der Waals surface area contributed by atoms with E-state index in [1.54, 1.807) is 0 Å². The van der Waals surface area contributed by atoms with Gasteiger partial charge in [-0.15, -0.1) is 0 Å². The third kappa shape index (κ3) is 5.48. The van der Waals surface area contributed by atoms with Crippen molar-refractivity contribution in [2.45, 2.75) is 57.7 Å². The van der Waals surface area contributed by atoms with Crippen molar-refractivity contribution >= 4 is 5.97 Å². The van der Waals surface area contributed by atoms with Crippen LogP contribution in [0.25, 0.3) is 11.1 Å². The van der Waals surface area contributed by atoms with Crippen molar-refractivity contribution in [1.82, 2.24) is 0 Å². The van der Waals surface area contributed by atoms with Gasteiger partial charge < -0.3 is 9.47 Å². The summed E-state index contributed by atoms with van der Waals surface area (Å²) in [4.78, 5) is 11.8. The van der Waals surface area contributed by atoms with Gasteiger partial charge in [0.2, 0.25) is 0 Å². The van der Waals surface area contributed by atoms with E-state index in [1.165, 1.54) is 12.8 Å². The van der Waals surface area contributed by atoms with Crippen molar-refractivity contribution in [1.29, 1.82) is 5.26 Å². The second-order valence-electron chi connectivity index (χ2n) is 7.47. The Labute approximate surface area is 172 Å². The van der Waals surface area contributed by atoms with Crippen LogP contribution in [0.15, 0.2) is 60.7 Å². The Morgan fingerprint density at radius 1 is 1.10 bits per heavy atom. The molecular weight excluding hydrogens is 362 g/mol. The van der Waals surface area contributed by atoms with Gasteiger partial charge in [0, 0.05) is 12.0 Å². The van der Waals surface area contributed by atoms with Crippen LogP contribution in [0.5, 0.6) is 5.75 Å². The molecule has 0 saturated carbocycles. The lowest BCUT2D eigenvalue weighted by Gasteiger charge is -2.24. The lowest BCUT2D eigenvalue weighted by Crippen LogP contribution is -2.31. The Balaban J connectivity index is 1.68. The second-order valence-corrected chi connectivity index (χ2v) is 7.47. The molecule has 0 aromatic heterocycles. The Kier molecular flexibility index (Phi) is 7.08. The highest BCUT2D eigenvalue weighted by atomic mass is 16.6. The lowest BCUT2D eigenvalue weighted by molar-refractivity contribution is -0.142. The van der Waals surface area contributed by atoms with Gasteiger partial charge in [-0.2, -0.15) is 5.26 Å². The lowest BCUT2D eigenvalue weighted by atomic mass is 10.0. The van der Waals surface area contributed by atoms with Gasteiger partial charge in [-0.25, -0.2) is 4.79 Å². The number of nitriles is 1. The van der Waals surface area contributed by atoms with Gasteiger partial charge in [-0.1, -0.05) is 57.0 Å². The first-order valence-corrected chi connectivity index (χ1v) is 10.3. The number of ether oxygens (including phenoxy) is 2. The fourth-order valence-corrected chi connectivity index (χ4v) is 3.53. The number of hydrogen-bond donors (Lipinski definition) is 0. The summed E-state index contributed by atoms with van der Waals surface area (Å²) >= 11 is 0. The Morgan fingerprint density at radius 2 is 1.76 bits per heavy atom. The smallest absolute Gasteiger partial charge is 0.333 e. The molecule has 0 radical (unpaired) electrons. The van der Waals surface area contributed by atoms with E-state index in [-0.39, 0.29) is 18.2 Å². The maximum Gasteiger partial charge on any atom is 0.333 e. The third-order valence-electron chi connectivity index (χ3n) is 5.24. The molecule has 1 aliphatic rings. The molecule has 1 heterocycles. The highest BCUT2D eigenvalue weighted by Crippen LogP contribution is 2.29. The maximum atomic E-state index is 11.8. The van der Waals surface area contributed by atoms with E-state index in [2.05, 4.69) is 19.6 Å². The van der Waals surface area contributed by atoms with Crippen LogP contribution in [0.3, 0.4) is 0 Å². The maximum absolute atomic E-state index is 11.8. The molecule has 1 fully saturated rings. The first-order chi connectivity index (χ1) is 14.1. The number of esters is 1. The normalized spacial score (nSPS) is 16.9. The largest absolute Gasteiger partial charge is 0.487 e. The molecule has 4 heteroatoms. The minimum absolute atomic E-state index is 0.171. The number of unbranched alkanes of at least 4 members (excludes halogenated alkanes) is 3. The van der Waals surface area contributed by atoms with Gasteiger partial charge in [0.15, 0.2) is 0 Å². The van der Waals surface area contributed by atoms with Crippen LogP contribution >= 0.6 is 0 Å². The molecule has 0 aliphatic carbocycles. The van der Waals surface area contributed by atoms with E-state index >= 15 is 0 Å². The second kappa shape index (κ2) is 9.93. The van der Waals surface area contributed by atoms with Crippen molar-refractivity contribution in [2.75, 3.05) is 0 Å². The predicted molar refractivity (Wildman–Crippen MR) is 113 cm³/mol. The van der Waals surface area contributed by atoms with Crippen LogP contribution < -0.4 is 4.74 Å². The summed E-state index contributed by atoms with van der Waals surface area (Å²) in [6.45, 7) is 5.98. The summed E-state index contributed by atoms with van der Waals surface area (Å²) in [5, 5.41) is 8.93. The first kappa shape index (κ1) is 20.7. The van der Waals surface area contributed by atoms with Gasteiger partial charge in [0.1, 0.15) is 18.0 Å². The zero-order valence-electron chi connectivity index (χ0n) is 16.9. The fourth-order valence-electron chi connectivity index (χ4n) is 3.53. The molecular formula is C25H27NO3. The van der Waals surface area contributed by atoms with Gasteiger partial charge >= 0.3 is 5.97 Å². The van der Waals surface area contributed by atoms with E-state index in [4.69, 9.17) is 14.7 Å². The first-order valence-electron chi connectivity index (χ1n) is 10.3. The van der Waals surface area contributed by atoms with Gasteiger partial charge in [0.25, 0.3) is 0 Å². The predicted octanol–water partition coefficient (Wildman–Crippen LogP) is 5.81. The SMILES string of the molecule is C=C1CC(C(CCCCCC)Oc2ccc(-c3ccc(C#N)cc3)cc2)OC1=O. The van der Waals surface area contributed by atoms with Crippen LogP contribution in [0.2, 0.25) is 0 Å². The highest BCUT2D eigenvalue weighted by molar-refractivity contribution is 5.90. The zero-order valence-corrected chi connectivity index (χ0v) is 16.9. The minimum atomic E-state index is -0.312. The monoisotopic (exact) mass is 389 g/mol. The molecule has 29 heavy (non-hydrogen) atoms. The average Bonchev–Trinajstić information content (AvgIpc) is 3.09. The van der Waals surface area contributed by atoms with E-state index in [1.807, 2.05) is 48.5 Å². The molecule has 150 valence electrons. The highest BCUT2D eigenvalue weighted by Gasteiger charge is 2.35. The minimum Gasteiger partial charge on any atom is -0.487 e. The van der Waals surface area contributed by atoms with Crippen LogP contribution in [-0.4, -0.2) is 18.2 Å². The Hall–Kier alpha value is -3.06. The molecule has 4 nitrogen and oxygen atoms in total. The molecule has 2 aromatic carbocycles. The van der Waals surface area contributed by atoms with Gasteiger partial charge in [0.05, 0.1) is 11.6 Å². The van der Waals surface area contributed by atoms with E-state index in [0.29, 0.717) is 17.6 Å². The summed E-state index contributed by atoms with van der Waals surface area (Å²) in [5.74, 6) is 0.449. The molecule has 3 rings (SSSR count). The van der Waals surface area contributed by atoms with Crippen LogP contribution in [0.1, 0.15) is 51.0 Å². The molecule has 2 aromatic rings. The van der Waals surface area contributed by atoms with Crippen LogP contribution in [0.4, 0.5) is 0 Å². The van der Waals surface area contributed by atoms with Crippen molar-refractivity contribution < 1.29 is 14.3 Å². The topological polar surface area (TPSA) is 59.3 Å². The molecule has 2 unspecified atom stereocenters. The molecule has 0 amide bonds. The van der Waals surface area contributed by atoms with E-state index < -0.39 is 0 Å². The van der Waals surface area contributed by atoms with E-state index in [0.717, 1.165) is 36.1 Å². The van der Waals surface area contributed by atoms with E-state index in [9.17, 15) is 4.79 Å². The third-order valence-corrected chi connectivity index (χ3v) is 5.24. The van der Waals surface area contributed by atoms with Crippen molar-refractivity contribution in [3.8, 4) is 22.9 Å². The number of rotatable bonds is 9. The van der Waals surface area contributed by atoms with Gasteiger partial charge in [-0.05, 0) is 48.2 Å². The number of carbonyl (C=O) groups excluding carboxylic acids is 1. The summed E-state index contributed by atoms with van der Waals surface area (Å²) in [6.07, 6.45) is 5.51. The number of nitrogens with zero attached hydrogens (tertiary/aromatic N) is 1. The summed E-state index contributed by atoms with van der Waals surface area (Å²) in [6, 6.07) is 17.5. The summed E-state index contributed by atoms with van der Waals surface area (Å²) < 4.78 is 11.7. The standard InChI is InChI=1S/C25H27NO3/c1-3-4-5-6-7-23(24-16-18(2)25(27)29-24)28-22-14-12-21(13-15-22)20-10-8-19(17-26)9-11-20/h8-15,23-24H,2-7,16H2,1H3. The van der Waals surface area contributed by atoms with Crippen molar-refractivity contribution in [3.63, 3.8) is 0 Å². The zero-order chi connectivity index (χ0) is 20.6. The Bertz CT molecular complexity index is 862. The molecule has 2 atom stereocenters. The number of benzene rings is 2. The van der Waals surface area contributed by atoms with Gasteiger partial charge in [-0.3, -0.25) is 0 Å². The van der Waals surface area contributed by atoms with Crippen LogP contribution in [0, 0.1) is 11.3 Å². The number of hydrogen-bond acceptors (Lipinski definition) is 4. The number of carbonyl (C=O) groups is 1. The van der Waals surface area contributed by atoms with Crippen molar-refractivity contribution in [2.24, 2.45) is 0 Å².